The Kier molecular flexibility index (Phi) is 19.1. The van der Waals surface area contributed by atoms with Crippen molar-refractivity contribution in [3.05, 3.63) is 177 Å². The standard InChI is InChI=1S/C30H32O5.C28H28O4.C3H6O.ClH/c1-4-32-28(31)14-12-22-11-13-26-25(17-22)30(33-15-16-34-30)19-27(35-26)23-9-6-10-24(18-23)29-20(2)7-5-8-21(29)3;1-4-31-27(30)14-12-20-11-13-25-23(15-20)24(29)17-26(32-25)21-9-6-10-22(16-21)28-18(2)7-5-8-19(28)3;1-3(2)4;/h5-11,13,17-18,27H,4,12,14-16,19H2,1-3H3;5-11,13,15-16,26H,4,12,14,17H2,1-3H3;1-2H3;1H. The molecule has 3 heterocycles. The van der Waals surface area contributed by atoms with E-state index in [1.165, 1.54) is 52.8 Å². The van der Waals surface area contributed by atoms with E-state index in [-0.39, 0.29) is 48.1 Å². The number of ketones is 2. The molecule has 6 aromatic rings. The fourth-order valence-corrected chi connectivity index (χ4v) is 9.60. The summed E-state index contributed by atoms with van der Waals surface area (Å²) < 4.78 is 35.3. The molecule has 72 heavy (non-hydrogen) atoms. The van der Waals surface area contributed by atoms with Gasteiger partial charge in [-0.25, -0.2) is 0 Å². The van der Waals surface area contributed by atoms with Crippen LogP contribution in [0, 0.1) is 27.7 Å². The highest BCUT2D eigenvalue weighted by molar-refractivity contribution is 6.00. The lowest BCUT2D eigenvalue weighted by Crippen LogP contribution is -2.35. The highest BCUT2D eigenvalue weighted by atomic mass is 35.5. The van der Waals surface area contributed by atoms with Crippen molar-refractivity contribution < 1.29 is 47.6 Å². The highest BCUT2D eigenvalue weighted by Gasteiger charge is 2.47. The van der Waals surface area contributed by atoms with Crippen LogP contribution in [0.25, 0.3) is 22.3 Å². The second-order valence-corrected chi connectivity index (χ2v) is 18.5. The number of halogens is 1. The number of esters is 2. The second-order valence-electron chi connectivity index (χ2n) is 18.5. The molecule has 1 fully saturated rings. The van der Waals surface area contributed by atoms with Gasteiger partial charge in [0.15, 0.2) is 5.78 Å². The van der Waals surface area contributed by atoms with Gasteiger partial charge in [0.1, 0.15) is 29.5 Å². The van der Waals surface area contributed by atoms with Crippen molar-refractivity contribution in [3.63, 3.8) is 0 Å². The van der Waals surface area contributed by atoms with Crippen LogP contribution in [0.4, 0.5) is 0 Å². The number of Topliss-reactive ketones (excluding diaryl/α,β-unsaturated/α-hetero) is 2. The van der Waals surface area contributed by atoms with Crippen LogP contribution in [0.5, 0.6) is 11.5 Å². The predicted molar refractivity (Wildman–Crippen MR) is 283 cm³/mol. The fraction of sp³-hybridized carbons (Fsp3) is 0.344. The van der Waals surface area contributed by atoms with Crippen LogP contribution < -0.4 is 9.47 Å². The Balaban J connectivity index is 0.000000217. The first-order valence-corrected chi connectivity index (χ1v) is 24.7. The monoisotopic (exact) mass is 994 g/mol. The molecule has 0 saturated carbocycles. The number of benzene rings is 6. The van der Waals surface area contributed by atoms with Gasteiger partial charge in [0, 0.05) is 19.3 Å². The SMILES string of the molecule is CC(C)=O.CCOC(=O)CCc1ccc2c(c1)C(=O)CC(c1cccc(-c3c(C)cccc3C)c1)O2.CCOC(=O)CCc1ccc2c(c1)C1(CC(c3cccc(-c4c(C)cccc4C)c3)O2)OCCO1.Cl. The largest absolute Gasteiger partial charge is 0.485 e. The van der Waals surface area contributed by atoms with Gasteiger partial charge in [-0.1, -0.05) is 84.9 Å². The van der Waals surface area contributed by atoms with Gasteiger partial charge in [-0.2, -0.15) is 0 Å². The van der Waals surface area contributed by atoms with Gasteiger partial charge in [-0.15, -0.1) is 12.4 Å². The van der Waals surface area contributed by atoms with E-state index in [1.54, 1.807) is 6.92 Å². The summed E-state index contributed by atoms with van der Waals surface area (Å²) in [4.78, 5) is 45.9. The lowest BCUT2D eigenvalue weighted by molar-refractivity contribution is -0.195. The fourth-order valence-electron chi connectivity index (χ4n) is 9.60. The van der Waals surface area contributed by atoms with E-state index < -0.39 is 5.79 Å². The Morgan fingerprint density at radius 1 is 0.583 bits per heavy atom. The minimum absolute atomic E-state index is 0. The predicted octanol–water partition coefficient (Wildman–Crippen LogP) is 13.4. The lowest BCUT2D eigenvalue weighted by atomic mass is 9.88. The van der Waals surface area contributed by atoms with Crippen LogP contribution in [0.2, 0.25) is 0 Å². The van der Waals surface area contributed by atoms with Crippen LogP contribution in [-0.2, 0) is 52.0 Å². The zero-order valence-electron chi connectivity index (χ0n) is 42.8. The molecule has 2 unspecified atom stereocenters. The van der Waals surface area contributed by atoms with Gasteiger partial charge < -0.3 is 33.2 Å². The maximum absolute atomic E-state index is 13.0. The lowest BCUT2D eigenvalue weighted by Gasteiger charge is -2.38. The number of hydrogen-bond donors (Lipinski definition) is 0. The minimum Gasteiger partial charge on any atom is -0.485 e. The molecule has 11 heteroatoms. The van der Waals surface area contributed by atoms with Crippen molar-refractivity contribution in [1.29, 1.82) is 0 Å². The van der Waals surface area contributed by atoms with Crippen molar-refractivity contribution in [3.8, 4) is 33.8 Å². The Morgan fingerprint density at radius 2 is 1.03 bits per heavy atom. The van der Waals surface area contributed by atoms with Crippen molar-refractivity contribution in [2.24, 2.45) is 0 Å². The second kappa shape index (κ2) is 25.2. The van der Waals surface area contributed by atoms with Gasteiger partial charge in [0.2, 0.25) is 5.79 Å². The molecule has 0 N–H and O–H groups in total. The first kappa shape index (κ1) is 54.7. The average Bonchev–Trinajstić information content (AvgIpc) is 3.81. The van der Waals surface area contributed by atoms with Gasteiger partial charge in [0.25, 0.3) is 0 Å². The molecule has 2 atom stereocenters. The van der Waals surface area contributed by atoms with E-state index in [4.69, 9.17) is 28.4 Å². The van der Waals surface area contributed by atoms with Crippen molar-refractivity contribution in [1.82, 2.24) is 0 Å². The molecule has 378 valence electrons. The van der Waals surface area contributed by atoms with Crippen LogP contribution in [0.15, 0.2) is 121 Å². The highest BCUT2D eigenvalue weighted by Crippen LogP contribution is 2.50. The molecule has 3 aliphatic heterocycles. The van der Waals surface area contributed by atoms with Crippen molar-refractivity contribution in [2.75, 3.05) is 26.4 Å². The topological polar surface area (TPSA) is 124 Å². The molecular weight excluding hydrogens is 928 g/mol. The maximum Gasteiger partial charge on any atom is 0.306 e. The van der Waals surface area contributed by atoms with Crippen LogP contribution in [-0.4, -0.2) is 49.9 Å². The van der Waals surface area contributed by atoms with Crippen LogP contribution >= 0.6 is 12.4 Å². The minimum atomic E-state index is -0.841. The smallest absolute Gasteiger partial charge is 0.306 e. The van der Waals surface area contributed by atoms with E-state index in [0.29, 0.717) is 76.3 Å². The van der Waals surface area contributed by atoms with Gasteiger partial charge in [-0.3, -0.25) is 14.4 Å². The van der Waals surface area contributed by atoms with Crippen LogP contribution in [0.3, 0.4) is 0 Å². The number of hydrogen-bond acceptors (Lipinski definition) is 10. The number of rotatable bonds is 12. The van der Waals surface area contributed by atoms with Gasteiger partial charge in [0.05, 0.1) is 44.0 Å². The Hall–Kier alpha value is -6.59. The van der Waals surface area contributed by atoms with Gasteiger partial charge in [-0.05, 0) is 171 Å². The molecule has 9 rings (SSSR count). The van der Waals surface area contributed by atoms with Crippen molar-refractivity contribution >= 4 is 35.9 Å². The Bertz CT molecular complexity index is 2830. The number of fused-ring (bicyclic) bond motifs is 3. The molecular formula is C61H67ClO10. The molecule has 0 radical (unpaired) electrons. The average molecular weight is 996 g/mol. The van der Waals surface area contributed by atoms with Crippen molar-refractivity contribution in [2.45, 2.75) is 112 Å². The summed E-state index contributed by atoms with van der Waals surface area (Å²) in [6, 6.07) is 41.2. The molecule has 0 amide bonds. The summed E-state index contributed by atoms with van der Waals surface area (Å²) in [5, 5.41) is 0. The number of ether oxygens (including phenoxy) is 6. The zero-order valence-corrected chi connectivity index (χ0v) is 43.6. The molecule has 1 spiro atoms. The summed E-state index contributed by atoms with van der Waals surface area (Å²) in [7, 11) is 0. The van der Waals surface area contributed by atoms with E-state index in [2.05, 4.69) is 107 Å². The molecule has 0 aliphatic carbocycles. The normalized spacial score (nSPS) is 15.9. The summed E-state index contributed by atoms with van der Waals surface area (Å²) in [5.74, 6) is 0.341. The molecule has 1 saturated heterocycles. The number of aryl methyl sites for hydroxylation is 6. The third kappa shape index (κ3) is 13.5. The van der Waals surface area contributed by atoms with E-state index in [1.807, 2.05) is 49.4 Å². The Morgan fingerprint density at radius 3 is 1.53 bits per heavy atom. The summed E-state index contributed by atoms with van der Waals surface area (Å²) in [6.45, 7) is 17.1. The van der Waals surface area contributed by atoms with E-state index in [9.17, 15) is 19.2 Å². The third-order valence-electron chi connectivity index (χ3n) is 12.8. The molecule has 6 aromatic carbocycles. The summed E-state index contributed by atoms with van der Waals surface area (Å²) in [5.41, 5.74) is 15.3. The third-order valence-corrected chi connectivity index (χ3v) is 12.8. The molecule has 0 aromatic heterocycles. The molecule has 3 aliphatic rings. The molecule has 10 nitrogen and oxygen atoms in total. The zero-order chi connectivity index (χ0) is 50.7. The summed E-state index contributed by atoms with van der Waals surface area (Å²) in [6.07, 6.45) is 2.14. The molecule has 0 bridgehead atoms. The summed E-state index contributed by atoms with van der Waals surface area (Å²) >= 11 is 0. The maximum atomic E-state index is 13.0. The first-order chi connectivity index (χ1) is 34.2. The number of carbonyl (C=O) groups is 4. The van der Waals surface area contributed by atoms with E-state index in [0.717, 1.165) is 39.1 Å². The number of carbonyl (C=O) groups excluding carboxylic acids is 4. The first-order valence-electron chi connectivity index (χ1n) is 24.7. The van der Waals surface area contributed by atoms with E-state index >= 15 is 0 Å². The van der Waals surface area contributed by atoms with Crippen LogP contribution in [0.1, 0.15) is 126 Å². The Labute approximate surface area is 430 Å². The quantitative estimate of drug-likeness (QED) is 0.109. The van der Waals surface area contributed by atoms with Gasteiger partial charge >= 0.3 is 11.9 Å².